The Morgan fingerprint density at radius 2 is 0.828 bits per heavy atom. The van der Waals surface area contributed by atoms with Gasteiger partial charge in [-0.25, -0.2) is 0 Å². The predicted molar refractivity (Wildman–Crippen MR) is 433 cm³/mol. The summed E-state index contributed by atoms with van der Waals surface area (Å²) in [4.78, 5) is 16.5. The van der Waals surface area contributed by atoms with E-state index in [0.717, 1.165) is 5.57 Å². The van der Waals surface area contributed by atoms with Crippen LogP contribution in [0.15, 0.2) is 11.6 Å². The zero-order valence-electron chi connectivity index (χ0n) is 75.8. The number of allylic oxidation sites excluding steroid dienone is 2. The lowest BCUT2D eigenvalue weighted by Gasteiger charge is -2.72. The summed E-state index contributed by atoms with van der Waals surface area (Å²) in [5.41, 5.74) is -8.87. The largest absolute Gasteiger partial charge is 0.432 e. The molecule has 0 unspecified atom stereocenters. The molecule has 14 fully saturated rings. The quantitative estimate of drug-likeness (QED) is 0.0217. The first-order valence-electron chi connectivity index (χ1n) is 46.3. The zero-order valence-corrected chi connectivity index (χ0v) is 75.8. The van der Waals surface area contributed by atoms with Gasteiger partial charge in [0.15, 0.2) is 62.7 Å². The van der Waals surface area contributed by atoms with Crippen molar-refractivity contribution in [2.75, 3.05) is 66.1 Å². The predicted octanol–water partition coefficient (Wildman–Crippen LogP) is -11.5. The summed E-state index contributed by atoms with van der Waals surface area (Å²) in [5, 5.41) is 304. The second kappa shape index (κ2) is 40.4. The maximum atomic E-state index is 16.5. The Morgan fingerprint density at radius 3 is 1.41 bits per heavy atom. The Kier molecular flexibility index (Phi) is 31.9. The molecule has 15 aliphatic rings. The van der Waals surface area contributed by atoms with E-state index in [1.54, 1.807) is 6.92 Å². The van der Waals surface area contributed by atoms with Crippen molar-refractivity contribution in [1.29, 1.82) is 0 Å². The van der Waals surface area contributed by atoms with Crippen LogP contribution >= 0.6 is 0 Å². The maximum absolute atomic E-state index is 16.5. The van der Waals surface area contributed by atoms with Crippen molar-refractivity contribution in [2.24, 2.45) is 50.2 Å². The number of aliphatic hydroxyl groups excluding tert-OH is 25. The third kappa shape index (κ3) is 18.6. The van der Waals surface area contributed by atoms with Crippen LogP contribution in [0.5, 0.6) is 0 Å². The van der Waals surface area contributed by atoms with Crippen LogP contribution in [-0.2, 0) is 99.5 Å². The third-order valence-electron chi connectivity index (χ3n) is 32.8. The highest BCUT2D eigenvalue weighted by molar-refractivity contribution is 5.79. The summed E-state index contributed by atoms with van der Waals surface area (Å²) in [7, 11) is 0. The van der Waals surface area contributed by atoms with Gasteiger partial charge in [0.1, 0.15) is 182 Å². The Hall–Kier alpha value is -2.63. The second-order valence-corrected chi connectivity index (χ2v) is 41.6. The normalized spacial score (nSPS) is 55.5. The van der Waals surface area contributed by atoms with Gasteiger partial charge in [-0.2, -0.15) is 0 Å². The molecule has 0 amide bonds. The van der Waals surface area contributed by atoms with E-state index in [4.69, 9.17) is 94.7 Å². The van der Waals surface area contributed by atoms with Crippen molar-refractivity contribution in [1.82, 2.24) is 0 Å². The van der Waals surface area contributed by atoms with Gasteiger partial charge in [-0.15, -0.1) is 0 Å². The van der Waals surface area contributed by atoms with Gasteiger partial charge in [0, 0.05) is 5.41 Å². The molecule has 772 valence electrons. The van der Waals surface area contributed by atoms with Crippen molar-refractivity contribution < 1.29 is 237 Å². The fourth-order valence-corrected chi connectivity index (χ4v) is 24.3. The lowest BCUT2D eigenvalue weighted by atomic mass is 9.33. The van der Waals surface area contributed by atoms with Gasteiger partial charge in [0.25, 0.3) is 0 Å². The van der Waals surface area contributed by atoms with Crippen molar-refractivity contribution in [3.05, 3.63) is 11.6 Å². The molecule has 134 heavy (non-hydrogen) atoms. The molecule has 10 aliphatic heterocycles. The number of hydrogen-bond donors (Lipinski definition) is 27. The molecular weight excluding hydrogens is 1800 g/mol. The number of ether oxygens (including phenoxy) is 20. The fraction of sp³-hybridized carbons (Fsp3) is 0.965. The molecule has 0 aromatic heterocycles. The zero-order chi connectivity index (χ0) is 97.6. The average molecular weight is 1940 g/mol. The van der Waals surface area contributed by atoms with E-state index in [-0.39, 0.29) is 25.2 Å². The number of rotatable bonds is 26. The molecule has 0 radical (unpaired) electrons. The highest BCUT2D eigenvalue weighted by Crippen LogP contribution is 2.76. The molecule has 0 aromatic carbocycles. The highest BCUT2D eigenvalue weighted by atomic mass is 16.8. The van der Waals surface area contributed by atoms with Gasteiger partial charge in [-0.3, -0.25) is 4.79 Å². The SMILES string of the molecule is C[C@@H]1O[C@H](O[C@@H]2[C@@H](O)[C@H](O[C@@H]3[C@@H](O[C@@H]4OC[C@@H](O)[C@H](O)[C@H]4O)[C@@H](O)[C@@H](O[C@H]4[C@H](OC(=O)[C@]56CCC(C)(C)C[C@H]5C5=CC[C@@H]7[C@@]8(C)C[C@H](O)[C@H](O[C@@H]9O[C@H](CO)[C@@H](O)[C@H](O[C@@H]%10O[C@H](CO)[C@@H](O)[C@H](O[C@@H]%11OC[C@](O)(CO)[C@H]%11O)[C@H]%10O)[C@H]9O)[C@@](C)(CO)[C@@H]8CC[C@@]7(C)[C@]5(C)CC6)O[C@H](C)[C@@H](O)[C@@H]4O[C@@H]4OC[C@](O)(CO)[C@H]4O)O[C@H]3C)OC[C@H]2O)[C@H](O[C@@H]2O[C@H](CO)[C@H](O)[C@H](O)[C@H]2O)[C@H](O)[C@H]1O. The standard InChI is InChI=1S/C86H140O48/c1-30-43(96)50(103)63(131-70-52(105)49(102)46(99)38(20-87)122-70)74(119-30)126-58-37(95)24-116-69(53(58)106)125-57-32(3)121-71(56(109)62(57)129-68-51(104)45(98)36(94)23-115-68)132-64-61(130-77-66(111)86(114,27-92)29-118-77)44(97)31(2)120-75(64)134-78(112)84-16-14-79(4,5)18-34(84)33-10-11-42-80(6)19-35(93)67(81(7,25-90)41(80)12-13-83(42,9)82(33,8)15-17-84)133-73-55(108)59(47(100)40(22-89)124-73)127-72-54(107)60(48(101)39(21-88)123-72)128-76-65(110)85(113,26-91)28-117-76/h10,30-32,34-77,87-111,113-114H,11-29H2,1-9H3/t30-,31+,32-,34-,35-,36+,37+,38+,39+,40+,41+,42+,43-,44+,45-,46-,47+,48+,49-,50+,51+,52+,53+,54+,55+,56+,57-,58-,59-,60-,61-,62-,63+,64+,65-,66-,67-,68-,69-,70-,71+,72-,73-,74+,75-,76-,77-,80-,81-,82+,83+,84-,85+,86+/m0/s1. The molecule has 48 heteroatoms. The molecule has 0 aromatic rings. The van der Waals surface area contributed by atoms with E-state index < -0.39 is 398 Å². The number of carbonyl (C=O) groups excluding carboxylic acids is 1. The first-order valence-corrected chi connectivity index (χ1v) is 46.3. The summed E-state index contributed by atoms with van der Waals surface area (Å²) in [6.45, 7) is 8.46. The molecule has 5 aliphatic carbocycles. The van der Waals surface area contributed by atoms with Gasteiger partial charge < -0.3 is 233 Å². The molecule has 48 nitrogen and oxygen atoms in total. The van der Waals surface area contributed by atoms with Crippen LogP contribution in [0.3, 0.4) is 0 Å². The smallest absolute Gasteiger partial charge is 0.315 e. The van der Waals surface area contributed by atoms with Crippen LogP contribution in [0, 0.1) is 50.2 Å². The van der Waals surface area contributed by atoms with Crippen LogP contribution in [0.25, 0.3) is 0 Å². The minimum absolute atomic E-state index is 0.0533. The molecule has 10 saturated heterocycles. The summed E-state index contributed by atoms with van der Waals surface area (Å²) in [6.07, 6.45) is -76.0. The Bertz CT molecular complexity index is 3940. The molecule has 15 rings (SSSR count). The molecule has 27 N–H and O–H groups in total. The minimum Gasteiger partial charge on any atom is -0.432 e. The number of fused-ring (bicyclic) bond motifs is 7. The second-order valence-electron chi connectivity index (χ2n) is 41.6. The van der Waals surface area contributed by atoms with Crippen LogP contribution in [-0.4, -0.2) is 492 Å². The van der Waals surface area contributed by atoms with Gasteiger partial charge in [-0.1, -0.05) is 53.2 Å². The van der Waals surface area contributed by atoms with Gasteiger partial charge in [0.2, 0.25) is 6.29 Å². The van der Waals surface area contributed by atoms with E-state index in [9.17, 15) is 138 Å². The lowest BCUT2D eigenvalue weighted by molar-refractivity contribution is -0.402. The summed E-state index contributed by atoms with van der Waals surface area (Å²) in [6, 6.07) is 0. The summed E-state index contributed by atoms with van der Waals surface area (Å²) >= 11 is 0. The van der Waals surface area contributed by atoms with Crippen molar-refractivity contribution >= 4 is 5.97 Å². The van der Waals surface area contributed by atoms with Crippen molar-refractivity contribution in [3.63, 3.8) is 0 Å². The van der Waals surface area contributed by atoms with E-state index in [0.29, 0.717) is 38.5 Å². The monoisotopic (exact) mass is 1940 g/mol. The minimum atomic E-state index is -2.33. The number of esters is 1. The highest BCUT2D eigenvalue weighted by Gasteiger charge is 2.73. The lowest BCUT2D eigenvalue weighted by Crippen LogP contribution is -2.70. The van der Waals surface area contributed by atoms with Gasteiger partial charge in [-0.05, 0) is 118 Å². The fourth-order valence-electron chi connectivity index (χ4n) is 24.3. The average Bonchev–Trinajstić information content (AvgIpc) is 0.707. The molecule has 0 bridgehead atoms. The topological polar surface area (TPSA) is 748 Å². The number of aliphatic hydroxyl groups is 27. The van der Waals surface area contributed by atoms with Crippen molar-refractivity contribution in [2.45, 2.75) is 402 Å². The summed E-state index contributed by atoms with van der Waals surface area (Å²) in [5.74, 6) is -2.07. The molecule has 10 heterocycles. The first kappa shape index (κ1) is 106. The summed E-state index contributed by atoms with van der Waals surface area (Å²) < 4.78 is 122. The van der Waals surface area contributed by atoms with E-state index in [1.807, 2.05) is 0 Å². The molecule has 54 atom stereocenters. The Balaban J connectivity index is 0.686. The third-order valence-corrected chi connectivity index (χ3v) is 32.8. The Labute approximate surface area is 770 Å². The molecular formula is C86H140O48. The van der Waals surface area contributed by atoms with E-state index >= 15 is 4.79 Å². The van der Waals surface area contributed by atoms with Crippen LogP contribution in [0.1, 0.15) is 120 Å². The van der Waals surface area contributed by atoms with Crippen LogP contribution in [0.2, 0.25) is 0 Å². The molecule has 4 saturated carbocycles. The molecule has 0 spiro atoms. The van der Waals surface area contributed by atoms with Crippen molar-refractivity contribution in [3.8, 4) is 0 Å². The Morgan fingerprint density at radius 1 is 0.373 bits per heavy atom. The maximum Gasteiger partial charge on any atom is 0.315 e. The number of hydrogen-bond acceptors (Lipinski definition) is 48. The van der Waals surface area contributed by atoms with E-state index in [1.165, 1.54) is 20.8 Å². The van der Waals surface area contributed by atoms with Gasteiger partial charge >= 0.3 is 5.97 Å². The van der Waals surface area contributed by atoms with Crippen LogP contribution < -0.4 is 0 Å². The van der Waals surface area contributed by atoms with E-state index in [2.05, 4.69) is 40.7 Å². The number of carbonyl (C=O) groups is 1. The first-order chi connectivity index (χ1) is 63.0. The van der Waals surface area contributed by atoms with Crippen LogP contribution in [0.4, 0.5) is 0 Å². The van der Waals surface area contributed by atoms with Gasteiger partial charge in [0.05, 0.1) is 102 Å².